The second kappa shape index (κ2) is 14.1. The van der Waals surface area contributed by atoms with Crippen LogP contribution >= 0.6 is 31.9 Å². The molecule has 9 nitrogen and oxygen atoms in total. The van der Waals surface area contributed by atoms with Gasteiger partial charge in [0.15, 0.2) is 13.2 Å². The number of anilines is 3. The van der Waals surface area contributed by atoms with Crippen LogP contribution in [0.5, 0.6) is 11.5 Å². The predicted molar refractivity (Wildman–Crippen MR) is 165 cm³/mol. The number of sulfonamides is 1. The zero-order chi connectivity index (χ0) is 31.9. The quantitative estimate of drug-likeness (QED) is 0.151. The third kappa shape index (κ3) is 9.46. The van der Waals surface area contributed by atoms with Crippen molar-refractivity contribution >= 4 is 70.8 Å². The van der Waals surface area contributed by atoms with Gasteiger partial charge < -0.3 is 20.1 Å². The van der Waals surface area contributed by atoms with Crippen molar-refractivity contribution < 1.29 is 40.7 Å². The van der Waals surface area contributed by atoms with Gasteiger partial charge in [-0.25, -0.2) is 8.42 Å². The van der Waals surface area contributed by atoms with E-state index >= 15 is 0 Å². The van der Waals surface area contributed by atoms with E-state index in [1.807, 2.05) is 0 Å². The van der Waals surface area contributed by atoms with E-state index in [0.717, 1.165) is 39.3 Å². The maximum atomic E-state index is 13.1. The van der Waals surface area contributed by atoms with E-state index in [-0.39, 0.29) is 17.1 Å². The number of benzene rings is 4. The van der Waals surface area contributed by atoms with E-state index in [1.165, 1.54) is 6.07 Å². The molecule has 15 heteroatoms. The van der Waals surface area contributed by atoms with Crippen LogP contribution in [-0.2, 0) is 25.8 Å². The first kappa shape index (κ1) is 32.8. The van der Waals surface area contributed by atoms with Crippen LogP contribution in [0.15, 0.2) is 105 Å². The molecule has 0 bridgehead atoms. The highest BCUT2D eigenvalue weighted by Crippen LogP contribution is 2.32. The molecule has 0 aliphatic heterocycles. The molecule has 0 saturated heterocycles. The van der Waals surface area contributed by atoms with Gasteiger partial charge in [0.1, 0.15) is 11.5 Å². The second-order valence-corrected chi connectivity index (χ2v) is 12.5. The fourth-order valence-electron chi connectivity index (χ4n) is 3.61. The largest absolute Gasteiger partial charge is 0.484 e. The van der Waals surface area contributed by atoms with Gasteiger partial charge in [-0.1, -0.05) is 37.9 Å². The van der Waals surface area contributed by atoms with Crippen LogP contribution in [0, 0.1) is 0 Å². The lowest BCUT2D eigenvalue weighted by molar-refractivity contribution is -0.137. The monoisotopic (exact) mass is 755 g/mol. The highest BCUT2D eigenvalue weighted by atomic mass is 79.9. The van der Waals surface area contributed by atoms with E-state index in [4.69, 9.17) is 9.47 Å². The smallest absolute Gasteiger partial charge is 0.416 e. The molecule has 0 fully saturated rings. The molecule has 0 heterocycles. The molecule has 0 saturated carbocycles. The first-order valence-electron chi connectivity index (χ1n) is 12.5. The van der Waals surface area contributed by atoms with E-state index < -0.39 is 51.7 Å². The summed E-state index contributed by atoms with van der Waals surface area (Å²) in [6, 6.07) is 20.5. The molecular formula is C29H22Br2F3N3O6S. The summed E-state index contributed by atoms with van der Waals surface area (Å²) in [6.45, 7) is -0.861. The molecule has 230 valence electrons. The number of hydrogen-bond donors (Lipinski definition) is 3. The standard InChI is InChI=1S/C29H22Br2F3N3O6S/c30-19-4-8-22(9-5-19)42-16-27(38)35-25-13-12-24(44(40,41)37-21-3-1-2-18(14-21)29(32,33)34)15-26(25)36-28(39)17-43-23-10-6-20(31)7-11-23/h1-15,37H,16-17H2,(H,35,38)(H,36,39). The molecule has 44 heavy (non-hydrogen) atoms. The molecule has 2 amide bonds. The number of ether oxygens (including phenoxy) is 2. The Hall–Kier alpha value is -4.08. The fraction of sp³-hybridized carbons (Fsp3) is 0.103. The number of halogens is 5. The molecular weight excluding hydrogens is 735 g/mol. The van der Waals surface area contributed by atoms with Crippen LogP contribution in [0.2, 0.25) is 0 Å². The Balaban J connectivity index is 1.54. The Morgan fingerprint density at radius 3 is 1.75 bits per heavy atom. The molecule has 0 radical (unpaired) electrons. The maximum Gasteiger partial charge on any atom is 0.416 e. The van der Waals surface area contributed by atoms with Crippen molar-refractivity contribution in [2.45, 2.75) is 11.1 Å². The SMILES string of the molecule is O=C(COc1ccc(Br)cc1)Nc1ccc(S(=O)(=O)Nc2cccc(C(F)(F)F)c2)cc1NC(=O)COc1ccc(Br)cc1. The molecule has 0 unspecified atom stereocenters. The van der Waals surface area contributed by atoms with Crippen LogP contribution in [0.3, 0.4) is 0 Å². The lowest BCUT2D eigenvalue weighted by Crippen LogP contribution is -2.24. The minimum Gasteiger partial charge on any atom is -0.484 e. The Morgan fingerprint density at radius 1 is 0.705 bits per heavy atom. The normalized spacial score (nSPS) is 11.4. The molecule has 0 atom stereocenters. The minimum absolute atomic E-state index is 0.0319. The van der Waals surface area contributed by atoms with Crippen molar-refractivity contribution in [3.63, 3.8) is 0 Å². The molecule has 4 rings (SSSR count). The van der Waals surface area contributed by atoms with Crippen LogP contribution in [-0.4, -0.2) is 33.4 Å². The third-order valence-electron chi connectivity index (χ3n) is 5.66. The average Bonchev–Trinajstić information content (AvgIpc) is 2.97. The number of carbonyl (C=O) groups excluding carboxylic acids is 2. The van der Waals surface area contributed by atoms with Gasteiger partial charge in [-0.15, -0.1) is 0 Å². The Labute approximate surface area is 267 Å². The summed E-state index contributed by atoms with van der Waals surface area (Å²) in [4.78, 5) is 25.0. The van der Waals surface area contributed by atoms with Crippen LogP contribution < -0.4 is 24.8 Å². The van der Waals surface area contributed by atoms with Crippen molar-refractivity contribution in [2.75, 3.05) is 28.6 Å². The molecule has 4 aromatic carbocycles. The van der Waals surface area contributed by atoms with Gasteiger partial charge in [0.2, 0.25) is 0 Å². The summed E-state index contributed by atoms with van der Waals surface area (Å²) in [7, 11) is -4.43. The molecule has 0 aliphatic carbocycles. The first-order chi connectivity index (χ1) is 20.8. The zero-order valence-electron chi connectivity index (χ0n) is 22.3. The highest BCUT2D eigenvalue weighted by Gasteiger charge is 2.31. The number of nitrogens with one attached hydrogen (secondary N) is 3. The molecule has 3 N–H and O–H groups in total. The Bertz CT molecular complexity index is 1750. The molecule has 0 aromatic heterocycles. The van der Waals surface area contributed by atoms with Gasteiger partial charge in [0, 0.05) is 14.6 Å². The van der Waals surface area contributed by atoms with Crippen molar-refractivity contribution in [2.24, 2.45) is 0 Å². The van der Waals surface area contributed by atoms with Gasteiger partial charge in [-0.05, 0) is 84.9 Å². The Morgan fingerprint density at radius 2 is 1.23 bits per heavy atom. The number of amides is 2. The summed E-state index contributed by atoms with van der Waals surface area (Å²) in [5, 5.41) is 5.06. The van der Waals surface area contributed by atoms with E-state index in [9.17, 15) is 31.2 Å². The summed E-state index contributed by atoms with van der Waals surface area (Å²) in [5.74, 6) is -0.491. The van der Waals surface area contributed by atoms with Crippen molar-refractivity contribution in [1.29, 1.82) is 0 Å². The molecule has 4 aromatic rings. The highest BCUT2D eigenvalue weighted by molar-refractivity contribution is 9.10. The summed E-state index contributed by atoms with van der Waals surface area (Å²) in [5.41, 5.74) is -1.45. The van der Waals surface area contributed by atoms with E-state index in [0.29, 0.717) is 17.6 Å². The summed E-state index contributed by atoms with van der Waals surface area (Å²) in [6.07, 6.45) is -4.68. The lowest BCUT2D eigenvalue weighted by atomic mass is 10.2. The van der Waals surface area contributed by atoms with Crippen molar-refractivity contribution in [3.05, 3.63) is 106 Å². The van der Waals surface area contributed by atoms with Gasteiger partial charge >= 0.3 is 6.18 Å². The zero-order valence-corrected chi connectivity index (χ0v) is 26.3. The van der Waals surface area contributed by atoms with Gasteiger partial charge in [-0.3, -0.25) is 14.3 Å². The van der Waals surface area contributed by atoms with Crippen LogP contribution in [0.25, 0.3) is 0 Å². The topological polar surface area (TPSA) is 123 Å². The maximum absolute atomic E-state index is 13.1. The second-order valence-electron chi connectivity index (χ2n) is 8.97. The number of hydrogen-bond acceptors (Lipinski definition) is 6. The third-order valence-corrected chi connectivity index (χ3v) is 8.10. The fourth-order valence-corrected chi connectivity index (χ4v) is 5.21. The molecule has 0 spiro atoms. The van der Waals surface area contributed by atoms with E-state index in [2.05, 4.69) is 47.2 Å². The molecule has 0 aliphatic rings. The lowest BCUT2D eigenvalue weighted by Gasteiger charge is -2.16. The summed E-state index contributed by atoms with van der Waals surface area (Å²) >= 11 is 6.60. The number of carbonyl (C=O) groups is 2. The van der Waals surface area contributed by atoms with Gasteiger partial charge in [0.05, 0.1) is 21.8 Å². The minimum atomic E-state index is -4.68. The first-order valence-corrected chi connectivity index (χ1v) is 15.6. The average molecular weight is 757 g/mol. The predicted octanol–water partition coefficient (Wildman–Crippen LogP) is 7.07. The van der Waals surface area contributed by atoms with Crippen LogP contribution in [0.1, 0.15) is 5.56 Å². The van der Waals surface area contributed by atoms with Crippen LogP contribution in [0.4, 0.5) is 30.2 Å². The van der Waals surface area contributed by atoms with Crippen molar-refractivity contribution in [1.82, 2.24) is 0 Å². The number of alkyl halides is 3. The van der Waals surface area contributed by atoms with Crippen molar-refractivity contribution in [3.8, 4) is 11.5 Å². The van der Waals surface area contributed by atoms with E-state index in [1.54, 1.807) is 48.5 Å². The summed E-state index contributed by atoms with van der Waals surface area (Å²) < 4.78 is 80.2. The van der Waals surface area contributed by atoms with Gasteiger partial charge in [0.25, 0.3) is 21.8 Å². The Kier molecular flexibility index (Phi) is 10.5. The van der Waals surface area contributed by atoms with Gasteiger partial charge in [-0.2, -0.15) is 13.2 Å². The number of rotatable bonds is 11.